The van der Waals surface area contributed by atoms with E-state index in [2.05, 4.69) is 21.2 Å². The second-order valence-corrected chi connectivity index (χ2v) is 3.98. The molecule has 0 radical (unpaired) electrons. The maximum atomic E-state index is 10.7. The molecule has 0 aliphatic heterocycles. The molecule has 0 aromatic carbocycles. The molecule has 0 aliphatic rings. The lowest BCUT2D eigenvalue weighted by Crippen LogP contribution is -2.30. The molecule has 0 fully saturated rings. The first kappa shape index (κ1) is 12.0. The van der Waals surface area contributed by atoms with Crippen molar-refractivity contribution in [2.45, 2.75) is 25.8 Å². The molecule has 2 N–H and O–H groups in total. The third kappa shape index (κ3) is 3.24. The molecule has 5 heteroatoms. The van der Waals surface area contributed by atoms with Crippen LogP contribution in [-0.2, 0) is 0 Å². The molecule has 0 saturated heterocycles. The van der Waals surface area contributed by atoms with Crippen molar-refractivity contribution in [3.8, 4) is 12.3 Å². The molecule has 0 bridgehead atoms. The number of aromatic carboxylic acids is 1. The fourth-order valence-corrected chi connectivity index (χ4v) is 1.19. The van der Waals surface area contributed by atoms with Crippen molar-refractivity contribution < 1.29 is 9.90 Å². The standard InChI is InChI=1S/C11H13N3O2/c1-4-5-11(2,3)14-9-6-8(10(15)16)12-7-13-9/h1,6-7H,5H2,2-3H3,(H,15,16)(H,12,13,14). The number of nitrogens with one attached hydrogen (secondary N) is 1. The SMILES string of the molecule is C#CCC(C)(C)Nc1cc(C(=O)O)ncn1. The number of carbonyl (C=O) groups is 1. The summed E-state index contributed by atoms with van der Waals surface area (Å²) in [7, 11) is 0. The normalized spacial score (nSPS) is 10.6. The van der Waals surface area contributed by atoms with Crippen molar-refractivity contribution in [3.63, 3.8) is 0 Å². The Morgan fingerprint density at radius 1 is 1.62 bits per heavy atom. The van der Waals surface area contributed by atoms with Gasteiger partial charge in [0.2, 0.25) is 0 Å². The van der Waals surface area contributed by atoms with E-state index in [4.69, 9.17) is 11.5 Å². The minimum atomic E-state index is -1.08. The highest BCUT2D eigenvalue weighted by molar-refractivity contribution is 5.86. The van der Waals surface area contributed by atoms with Crippen LogP contribution in [0.5, 0.6) is 0 Å². The first-order chi connectivity index (χ1) is 7.44. The highest BCUT2D eigenvalue weighted by Gasteiger charge is 2.17. The van der Waals surface area contributed by atoms with Gasteiger partial charge in [-0.25, -0.2) is 14.8 Å². The smallest absolute Gasteiger partial charge is 0.354 e. The number of carboxylic acid groups (broad SMARTS) is 1. The van der Waals surface area contributed by atoms with Crippen molar-refractivity contribution in [2.75, 3.05) is 5.32 Å². The van der Waals surface area contributed by atoms with E-state index in [0.29, 0.717) is 12.2 Å². The fourth-order valence-electron chi connectivity index (χ4n) is 1.19. The lowest BCUT2D eigenvalue weighted by atomic mass is 10.0. The molecule has 0 unspecified atom stereocenters. The van der Waals surface area contributed by atoms with Crippen LogP contribution in [0, 0.1) is 12.3 Å². The Morgan fingerprint density at radius 2 is 2.31 bits per heavy atom. The average molecular weight is 219 g/mol. The Hall–Kier alpha value is -2.09. The number of hydrogen-bond acceptors (Lipinski definition) is 4. The van der Waals surface area contributed by atoms with Gasteiger partial charge in [0.15, 0.2) is 5.69 Å². The summed E-state index contributed by atoms with van der Waals surface area (Å²) in [6.07, 6.45) is 6.95. The number of carboxylic acids is 1. The molecule has 1 aromatic rings. The minimum absolute atomic E-state index is 0.0472. The van der Waals surface area contributed by atoms with Crippen LogP contribution in [0.2, 0.25) is 0 Å². The van der Waals surface area contributed by atoms with Crippen LogP contribution in [0.3, 0.4) is 0 Å². The minimum Gasteiger partial charge on any atom is -0.477 e. The molecule has 0 saturated carbocycles. The monoisotopic (exact) mass is 219 g/mol. The van der Waals surface area contributed by atoms with Crippen LogP contribution in [0.4, 0.5) is 5.82 Å². The fraction of sp³-hybridized carbons (Fsp3) is 0.364. The molecule has 0 atom stereocenters. The number of anilines is 1. The summed E-state index contributed by atoms with van der Waals surface area (Å²) in [5, 5.41) is 11.8. The molecule has 16 heavy (non-hydrogen) atoms. The molecule has 1 aromatic heterocycles. The highest BCUT2D eigenvalue weighted by atomic mass is 16.4. The van der Waals surface area contributed by atoms with Crippen LogP contribution in [0.15, 0.2) is 12.4 Å². The third-order valence-electron chi connectivity index (χ3n) is 1.90. The molecular formula is C11H13N3O2. The molecule has 0 amide bonds. The molecule has 5 nitrogen and oxygen atoms in total. The molecule has 1 heterocycles. The van der Waals surface area contributed by atoms with E-state index in [1.807, 2.05) is 13.8 Å². The van der Waals surface area contributed by atoms with Crippen LogP contribution in [-0.4, -0.2) is 26.6 Å². The van der Waals surface area contributed by atoms with Gasteiger partial charge in [0.25, 0.3) is 0 Å². The summed E-state index contributed by atoms with van der Waals surface area (Å²) < 4.78 is 0. The zero-order chi connectivity index (χ0) is 12.2. The summed E-state index contributed by atoms with van der Waals surface area (Å²) in [5.41, 5.74) is -0.382. The van der Waals surface area contributed by atoms with Gasteiger partial charge < -0.3 is 10.4 Å². The lowest BCUT2D eigenvalue weighted by Gasteiger charge is -2.24. The van der Waals surface area contributed by atoms with Gasteiger partial charge in [0.05, 0.1) is 0 Å². The van der Waals surface area contributed by atoms with E-state index in [9.17, 15) is 4.79 Å². The predicted octanol–water partition coefficient (Wildman–Crippen LogP) is 1.39. The van der Waals surface area contributed by atoms with E-state index >= 15 is 0 Å². The summed E-state index contributed by atoms with van der Waals surface area (Å²) in [5.74, 6) is 1.91. The average Bonchev–Trinajstić information content (AvgIpc) is 2.17. The van der Waals surface area contributed by atoms with Crippen molar-refractivity contribution in [2.24, 2.45) is 0 Å². The summed E-state index contributed by atoms with van der Waals surface area (Å²) in [4.78, 5) is 18.3. The Labute approximate surface area is 93.9 Å². The first-order valence-corrected chi connectivity index (χ1v) is 4.71. The van der Waals surface area contributed by atoms with E-state index in [1.165, 1.54) is 12.4 Å². The third-order valence-corrected chi connectivity index (χ3v) is 1.90. The first-order valence-electron chi connectivity index (χ1n) is 4.71. The van der Waals surface area contributed by atoms with E-state index < -0.39 is 5.97 Å². The molecule has 1 rings (SSSR count). The zero-order valence-electron chi connectivity index (χ0n) is 9.19. The second kappa shape index (κ2) is 4.62. The molecular weight excluding hydrogens is 206 g/mol. The molecule has 0 spiro atoms. The lowest BCUT2D eigenvalue weighted by molar-refractivity contribution is 0.0690. The maximum Gasteiger partial charge on any atom is 0.354 e. The number of aromatic nitrogens is 2. The van der Waals surface area contributed by atoms with Gasteiger partial charge in [-0.05, 0) is 13.8 Å². The summed E-state index contributed by atoms with van der Waals surface area (Å²) >= 11 is 0. The van der Waals surface area contributed by atoms with Gasteiger partial charge in [-0.2, -0.15) is 0 Å². The van der Waals surface area contributed by atoms with Crippen molar-refractivity contribution >= 4 is 11.8 Å². The Bertz CT molecular complexity index is 435. The number of hydrogen-bond donors (Lipinski definition) is 2. The van der Waals surface area contributed by atoms with Gasteiger partial charge in [0.1, 0.15) is 12.1 Å². The van der Waals surface area contributed by atoms with Crippen molar-refractivity contribution in [1.82, 2.24) is 9.97 Å². The summed E-state index contributed by atoms with van der Waals surface area (Å²) in [6, 6.07) is 1.38. The van der Waals surface area contributed by atoms with Gasteiger partial charge in [-0.15, -0.1) is 12.3 Å². The number of terminal acetylenes is 1. The van der Waals surface area contributed by atoms with E-state index in [0.717, 1.165) is 0 Å². The number of rotatable bonds is 4. The Balaban J connectivity index is 2.86. The second-order valence-electron chi connectivity index (χ2n) is 3.98. The van der Waals surface area contributed by atoms with Gasteiger partial charge >= 0.3 is 5.97 Å². The van der Waals surface area contributed by atoms with Crippen molar-refractivity contribution in [3.05, 3.63) is 18.1 Å². The largest absolute Gasteiger partial charge is 0.477 e. The van der Waals surface area contributed by atoms with Crippen LogP contribution < -0.4 is 5.32 Å². The number of nitrogens with zero attached hydrogens (tertiary/aromatic N) is 2. The Kier molecular flexibility index (Phi) is 3.46. The molecule has 0 aliphatic carbocycles. The zero-order valence-corrected chi connectivity index (χ0v) is 9.19. The van der Waals surface area contributed by atoms with E-state index in [-0.39, 0.29) is 11.2 Å². The quantitative estimate of drug-likeness (QED) is 0.748. The van der Waals surface area contributed by atoms with Gasteiger partial charge in [0, 0.05) is 18.0 Å². The highest BCUT2D eigenvalue weighted by Crippen LogP contribution is 2.15. The van der Waals surface area contributed by atoms with Crippen LogP contribution in [0.25, 0.3) is 0 Å². The van der Waals surface area contributed by atoms with Gasteiger partial charge in [-0.3, -0.25) is 0 Å². The maximum absolute atomic E-state index is 10.7. The topological polar surface area (TPSA) is 75.1 Å². The van der Waals surface area contributed by atoms with Crippen LogP contribution in [0.1, 0.15) is 30.8 Å². The van der Waals surface area contributed by atoms with Gasteiger partial charge in [-0.1, -0.05) is 0 Å². The van der Waals surface area contributed by atoms with Crippen molar-refractivity contribution in [1.29, 1.82) is 0 Å². The Morgan fingerprint density at radius 3 is 2.88 bits per heavy atom. The summed E-state index contributed by atoms with van der Waals surface area (Å²) in [6.45, 7) is 3.82. The predicted molar refractivity (Wildman–Crippen MR) is 60.1 cm³/mol. The van der Waals surface area contributed by atoms with Crippen LogP contribution >= 0.6 is 0 Å². The molecule has 84 valence electrons. The van der Waals surface area contributed by atoms with E-state index in [1.54, 1.807) is 0 Å².